The maximum Gasteiger partial charge on any atom is 0.193 e. The molecule has 0 spiro atoms. The Hall–Kier alpha value is -0.810. The van der Waals surface area contributed by atoms with E-state index in [9.17, 15) is 0 Å². The zero-order chi connectivity index (χ0) is 13.5. The predicted octanol–water partition coefficient (Wildman–Crippen LogP) is 0.708. The zero-order valence-corrected chi connectivity index (χ0v) is 12.3. The van der Waals surface area contributed by atoms with E-state index in [1.165, 1.54) is 19.3 Å². The topological polar surface area (TPSA) is 46.1 Å². The first-order valence-electron chi connectivity index (χ1n) is 8.04. The molecular formula is C15H25N3O2. The molecule has 0 saturated carbocycles. The smallest absolute Gasteiger partial charge is 0.193 e. The number of aliphatic imine (C=N–C) groups is 1. The highest BCUT2D eigenvalue weighted by Crippen LogP contribution is 2.47. The first kappa shape index (κ1) is 12.9. The fourth-order valence-electron chi connectivity index (χ4n) is 4.45. The molecule has 4 rings (SSSR count). The monoisotopic (exact) mass is 279 g/mol. The van der Waals surface area contributed by atoms with E-state index in [4.69, 9.17) is 9.47 Å². The minimum atomic E-state index is 0.524. The number of likely N-dealkylation sites (tertiary alicyclic amines) is 1. The molecule has 0 amide bonds. The van der Waals surface area contributed by atoms with Gasteiger partial charge in [0, 0.05) is 51.0 Å². The second-order valence-electron chi connectivity index (χ2n) is 6.68. The summed E-state index contributed by atoms with van der Waals surface area (Å²) in [6.45, 7) is 5.04. The normalized spacial score (nSPS) is 43.4. The lowest BCUT2D eigenvalue weighted by Crippen LogP contribution is -2.43. The molecule has 5 unspecified atom stereocenters. The van der Waals surface area contributed by atoms with Crippen LogP contribution >= 0.6 is 0 Å². The summed E-state index contributed by atoms with van der Waals surface area (Å²) in [6.07, 6.45) is 4.76. The first-order valence-corrected chi connectivity index (χ1v) is 8.04. The average Bonchev–Trinajstić information content (AvgIpc) is 3.22. The Morgan fingerprint density at radius 3 is 2.55 bits per heavy atom. The van der Waals surface area contributed by atoms with Crippen LogP contribution in [0.3, 0.4) is 0 Å². The number of rotatable bonds is 2. The van der Waals surface area contributed by atoms with Crippen LogP contribution in [0.25, 0.3) is 0 Å². The lowest BCUT2D eigenvalue weighted by Gasteiger charge is -2.24. The summed E-state index contributed by atoms with van der Waals surface area (Å²) < 4.78 is 11.5. The van der Waals surface area contributed by atoms with Crippen LogP contribution in [-0.2, 0) is 9.47 Å². The Morgan fingerprint density at radius 2 is 1.95 bits per heavy atom. The van der Waals surface area contributed by atoms with Gasteiger partial charge < -0.3 is 19.7 Å². The van der Waals surface area contributed by atoms with Crippen molar-refractivity contribution in [2.45, 2.75) is 31.5 Å². The van der Waals surface area contributed by atoms with Gasteiger partial charge in [-0.3, -0.25) is 4.99 Å². The molecule has 4 aliphatic rings. The van der Waals surface area contributed by atoms with Crippen LogP contribution in [0.5, 0.6) is 0 Å². The molecule has 4 fully saturated rings. The predicted molar refractivity (Wildman–Crippen MR) is 76.7 cm³/mol. The Morgan fingerprint density at radius 1 is 1.20 bits per heavy atom. The summed E-state index contributed by atoms with van der Waals surface area (Å²) in [4.78, 5) is 6.92. The fraction of sp³-hybridized carbons (Fsp3) is 0.933. The number of hydrogen-bond donors (Lipinski definition) is 1. The van der Waals surface area contributed by atoms with Crippen molar-refractivity contribution in [3.05, 3.63) is 0 Å². The second-order valence-corrected chi connectivity index (χ2v) is 6.68. The maximum absolute atomic E-state index is 6.04. The molecule has 0 aromatic heterocycles. The minimum Gasteiger partial charge on any atom is -0.381 e. The van der Waals surface area contributed by atoms with Gasteiger partial charge in [-0.15, -0.1) is 0 Å². The molecule has 4 aliphatic heterocycles. The molecule has 1 N–H and O–H groups in total. The minimum absolute atomic E-state index is 0.524. The first-order chi connectivity index (χ1) is 9.85. The van der Waals surface area contributed by atoms with Gasteiger partial charge in [-0.25, -0.2) is 0 Å². The molecule has 0 aromatic rings. The van der Waals surface area contributed by atoms with Crippen molar-refractivity contribution < 1.29 is 9.47 Å². The van der Waals surface area contributed by atoms with Gasteiger partial charge in [-0.1, -0.05) is 0 Å². The van der Waals surface area contributed by atoms with E-state index in [2.05, 4.69) is 15.2 Å². The van der Waals surface area contributed by atoms with E-state index >= 15 is 0 Å². The fourth-order valence-corrected chi connectivity index (χ4v) is 4.45. The third-order valence-electron chi connectivity index (χ3n) is 5.54. The molecular weight excluding hydrogens is 254 g/mol. The number of hydrogen-bond acceptors (Lipinski definition) is 3. The van der Waals surface area contributed by atoms with E-state index in [0.717, 1.165) is 50.6 Å². The molecule has 5 nitrogen and oxygen atoms in total. The lowest BCUT2D eigenvalue weighted by atomic mass is 9.82. The van der Waals surface area contributed by atoms with E-state index < -0.39 is 0 Å². The van der Waals surface area contributed by atoms with Crippen molar-refractivity contribution in [1.82, 2.24) is 10.2 Å². The molecule has 0 aromatic carbocycles. The van der Waals surface area contributed by atoms with Crippen molar-refractivity contribution in [2.24, 2.45) is 22.7 Å². The summed E-state index contributed by atoms with van der Waals surface area (Å²) in [5.74, 6) is 3.20. The molecule has 5 heteroatoms. The van der Waals surface area contributed by atoms with Crippen LogP contribution < -0.4 is 5.32 Å². The van der Waals surface area contributed by atoms with Crippen molar-refractivity contribution in [3.8, 4) is 0 Å². The number of guanidine groups is 1. The molecule has 112 valence electrons. The van der Waals surface area contributed by atoms with Gasteiger partial charge in [0.2, 0.25) is 0 Å². The van der Waals surface area contributed by atoms with Crippen LogP contribution in [0, 0.1) is 17.8 Å². The summed E-state index contributed by atoms with van der Waals surface area (Å²) in [5.41, 5.74) is 0. The van der Waals surface area contributed by atoms with E-state index in [1.807, 2.05) is 7.05 Å². The van der Waals surface area contributed by atoms with Gasteiger partial charge in [0.1, 0.15) is 0 Å². The van der Waals surface area contributed by atoms with E-state index in [-0.39, 0.29) is 0 Å². The number of nitrogens with one attached hydrogen (secondary N) is 1. The molecule has 0 aliphatic carbocycles. The van der Waals surface area contributed by atoms with Gasteiger partial charge >= 0.3 is 0 Å². The SMILES string of the molecule is CN=C(NCC1CCOC1)N1CC2C3CCC(O3)C2C1. The van der Waals surface area contributed by atoms with Crippen molar-refractivity contribution in [3.63, 3.8) is 0 Å². The third kappa shape index (κ3) is 2.11. The standard InChI is InChI=1S/C15H25N3O2/c1-16-15(17-6-10-4-5-19-9-10)18-7-11-12(8-18)14-3-2-13(11)20-14/h10-14H,2-9H2,1H3,(H,16,17). The molecule has 2 bridgehead atoms. The molecule has 4 saturated heterocycles. The Labute approximate surface area is 120 Å². The third-order valence-corrected chi connectivity index (χ3v) is 5.54. The van der Waals surface area contributed by atoms with Crippen LogP contribution in [0.2, 0.25) is 0 Å². The molecule has 20 heavy (non-hydrogen) atoms. The van der Waals surface area contributed by atoms with Crippen molar-refractivity contribution >= 4 is 5.96 Å². The average molecular weight is 279 g/mol. The van der Waals surface area contributed by atoms with Gasteiger partial charge in [0.25, 0.3) is 0 Å². The quantitative estimate of drug-likeness (QED) is 0.597. The largest absolute Gasteiger partial charge is 0.381 e. The van der Waals surface area contributed by atoms with Crippen LogP contribution in [0.4, 0.5) is 0 Å². The van der Waals surface area contributed by atoms with Crippen molar-refractivity contribution in [1.29, 1.82) is 0 Å². The summed E-state index contributed by atoms with van der Waals surface area (Å²) in [7, 11) is 1.90. The Bertz CT molecular complexity index is 377. The summed E-state index contributed by atoms with van der Waals surface area (Å²) >= 11 is 0. The van der Waals surface area contributed by atoms with E-state index in [0.29, 0.717) is 18.1 Å². The Kier molecular flexibility index (Phi) is 3.34. The van der Waals surface area contributed by atoms with Gasteiger partial charge in [-0.2, -0.15) is 0 Å². The second kappa shape index (κ2) is 5.19. The number of fused-ring (bicyclic) bond motifs is 5. The highest BCUT2D eigenvalue weighted by molar-refractivity contribution is 5.80. The lowest BCUT2D eigenvalue weighted by molar-refractivity contribution is 0.0767. The van der Waals surface area contributed by atoms with E-state index in [1.54, 1.807) is 0 Å². The highest BCUT2D eigenvalue weighted by Gasteiger charge is 2.53. The number of ether oxygens (including phenoxy) is 2. The number of nitrogens with zero attached hydrogens (tertiary/aromatic N) is 2. The summed E-state index contributed by atoms with van der Waals surface area (Å²) in [5, 5.41) is 3.55. The molecule has 5 atom stereocenters. The van der Waals surface area contributed by atoms with Gasteiger partial charge in [0.15, 0.2) is 5.96 Å². The summed E-state index contributed by atoms with van der Waals surface area (Å²) in [6, 6.07) is 0. The zero-order valence-electron chi connectivity index (χ0n) is 12.3. The molecule has 0 radical (unpaired) electrons. The maximum atomic E-state index is 6.04. The molecule has 4 heterocycles. The van der Waals surface area contributed by atoms with Gasteiger partial charge in [-0.05, 0) is 19.3 Å². The Balaban J connectivity index is 1.35. The highest BCUT2D eigenvalue weighted by atomic mass is 16.5. The van der Waals surface area contributed by atoms with Crippen molar-refractivity contribution in [2.75, 3.05) is 39.9 Å². The van der Waals surface area contributed by atoms with Crippen LogP contribution in [-0.4, -0.2) is 63.0 Å². The van der Waals surface area contributed by atoms with Crippen LogP contribution in [0.15, 0.2) is 4.99 Å². The van der Waals surface area contributed by atoms with Gasteiger partial charge in [0.05, 0.1) is 18.8 Å². The van der Waals surface area contributed by atoms with Crippen LogP contribution in [0.1, 0.15) is 19.3 Å².